The number of nitrogens with two attached hydrogens (primary N) is 1. The molecule has 2 aromatic carbocycles. The van der Waals surface area contributed by atoms with Crippen LogP contribution in [0.2, 0.25) is 0 Å². The number of anilines is 1. The van der Waals surface area contributed by atoms with Crippen LogP contribution in [0.1, 0.15) is 15.9 Å². The molecule has 0 atom stereocenters. The van der Waals surface area contributed by atoms with Crippen LogP contribution in [0.3, 0.4) is 0 Å². The van der Waals surface area contributed by atoms with E-state index in [0.717, 1.165) is 21.9 Å². The second-order valence-corrected chi connectivity index (χ2v) is 6.41. The topological polar surface area (TPSA) is 86.3 Å². The molecule has 4 rings (SSSR count). The summed E-state index contributed by atoms with van der Waals surface area (Å²) in [4.78, 5) is 22.6. The average molecular weight is 379 g/mol. The first-order valence-electron chi connectivity index (χ1n) is 8.59. The third-order valence-corrected chi connectivity index (χ3v) is 4.64. The predicted octanol–water partition coefficient (Wildman–Crippen LogP) is 3.05. The first-order chi connectivity index (χ1) is 13.5. The number of hydroxylamine groups is 2. The number of amides is 1. The maximum Gasteiger partial charge on any atom is 0.277 e. The van der Waals surface area contributed by atoms with Gasteiger partial charge in [0, 0.05) is 18.0 Å². The van der Waals surface area contributed by atoms with Crippen molar-refractivity contribution in [2.24, 2.45) is 7.05 Å². The van der Waals surface area contributed by atoms with E-state index in [0.29, 0.717) is 16.9 Å². The van der Waals surface area contributed by atoms with E-state index < -0.39 is 0 Å². The molecule has 0 aliphatic carbocycles. The molecule has 0 saturated carbocycles. The van der Waals surface area contributed by atoms with Crippen molar-refractivity contribution in [2.75, 3.05) is 12.8 Å². The fourth-order valence-corrected chi connectivity index (χ4v) is 3.21. The van der Waals surface area contributed by atoms with Gasteiger partial charge >= 0.3 is 0 Å². The maximum absolute atomic E-state index is 13.1. The Hall–Kier alpha value is -3.52. The van der Waals surface area contributed by atoms with Gasteiger partial charge in [-0.25, -0.2) is 14.4 Å². The van der Waals surface area contributed by atoms with Crippen molar-refractivity contribution in [3.05, 3.63) is 65.6 Å². The molecule has 1 amide bonds. The van der Waals surface area contributed by atoms with Crippen LogP contribution in [-0.4, -0.2) is 32.8 Å². The molecule has 0 aliphatic heterocycles. The minimum atomic E-state index is -0.333. The monoisotopic (exact) mass is 379 g/mol. The van der Waals surface area contributed by atoms with E-state index in [9.17, 15) is 9.18 Å². The lowest BCUT2D eigenvalue weighted by Crippen LogP contribution is -2.29. The third kappa shape index (κ3) is 3.03. The molecule has 28 heavy (non-hydrogen) atoms. The van der Waals surface area contributed by atoms with Crippen molar-refractivity contribution in [2.45, 2.75) is 6.54 Å². The van der Waals surface area contributed by atoms with Gasteiger partial charge < -0.3 is 5.73 Å². The maximum atomic E-state index is 13.1. The van der Waals surface area contributed by atoms with E-state index >= 15 is 0 Å². The highest BCUT2D eigenvalue weighted by molar-refractivity contribution is 6.10. The zero-order valence-corrected chi connectivity index (χ0v) is 15.4. The van der Waals surface area contributed by atoms with Crippen LogP contribution in [0.4, 0.5) is 10.2 Å². The zero-order valence-electron chi connectivity index (χ0n) is 15.4. The molecular formula is C20H18FN5O2. The number of hydrogen-bond acceptors (Lipinski definition) is 5. The molecule has 2 aromatic heterocycles. The smallest absolute Gasteiger partial charge is 0.277 e. The Kier molecular flexibility index (Phi) is 4.40. The van der Waals surface area contributed by atoms with Gasteiger partial charge in [0.2, 0.25) is 0 Å². The summed E-state index contributed by atoms with van der Waals surface area (Å²) in [6, 6.07) is 11.1. The van der Waals surface area contributed by atoms with Crippen molar-refractivity contribution < 1.29 is 14.0 Å². The summed E-state index contributed by atoms with van der Waals surface area (Å²) in [7, 11) is 3.23. The second kappa shape index (κ2) is 6.90. The lowest BCUT2D eigenvalue weighted by molar-refractivity contribution is -0.102. The minimum Gasteiger partial charge on any atom is -0.383 e. The molecule has 2 N–H and O–H groups in total. The molecule has 0 aliphatic rings. The first kappa shape index (κ1) is 17.9. The van der Waals surface area contributed by atoms with Gasteiger partial charge in [0.1, 0.15) is 11.6 Å². The van der Waals surface area contributed by atoms with Crippen LogP contribution in [0.15, 0.2) is 48.7 Å². The molecular weight excluding hydrogens is 361 g/mol. The van der Waals surface area contributed by atoms with Gasteiger partial charge in [0.25, 0.3) is 5.91 Å². The van der Waals surface area contributed by atoms with Crippen LogP contribution < -0.4 is 5.73 Å². The van der Waals surface area contributed by atoms with Crippen molar-refractivity contribution in [1.29, 1.82) is 0 Å². The number of rotatable bonds is 4. The van der Waals surface area contributed by atoms with E-state index in [1.54, 1.807) is 41.2 Å². The molecule has 8 heteroatoms. The number of benzene rings is 2. The highest BCUT2D eigenvalue weighted by Crippen LogP contribution is 2.28. The van der Waals surface area contributed by atoms with Gasteiger partial charge in [-0.15, -0.1) is 0 Å². The van der Waals surface area contributed by atoms with Crippen LogP contribution in [0, 0.1) is 5.82 Å². The molecule has 142 valence electrons. The lowest BCUT2D eigenvalue weighted by atomic mass is 10.1. The Labute approximate surface area is 160 Å². The number of pyridine rings is 1. The number of carbonyl (C=O) groups is 1. The Bertz CT molecular complexity index is 1190. The molecule has 2 heterocycles. The number of hydrogen-bond donors (Lipinski definition) is 1. The van der Waals surface area contributed by atoms with Gasteiger partial charge in [-0.3, -0.25) is 14.3 Å². The zero-order chi connectivity index (χ0) is 19.8. The van der Waals surface area contributed by atoms with Crippen molar-refractivity contribution >= 4 is 33.5 Å². The van der Waals surface area contributed by atoms with E-state index in [1.165, 1.54) is 24.3 Å². The number of aryl methyl sites for hydroxylation is 1. The molecule has 0 fully saturated rings. The fraction of sp³-hybridized carbons (Fsp3) is 0.150. The molecule has 0 saturated heterocycles. The van der Waals surface area contributed by atoms with Crippen molar-refractivity contribution in [3.8, 4) is 0 Å². The van der Waals surface area contributed by atoms with Gasteiger partial charge in [0.15, 0.2) is 0 Å². The van der Waals surface area contributed by atoms with Gasteiger partial charge in [0.05, 0.1) is 36.3 Å². The van der Waals surface area contributed by atoms with Crippen molar-refractivity contribution in [1.82, 2.24) is 19.8 Å². The Balaban J connectivity index is 1.73. The Morgan fingerprint density at radius 3 is 2.68 bits per heavy atom. The van der Waals surface area contributed by atoms with Crippen LogP contribution in [0.5, 0.6) is 0 Å². The molecule has 0 bridgehead atoms. The van der Waals surface area contributed by atoms with Gasteiger partial charge in [-0.05, 0) is 35.9 Å². The summed E-state index contributed by atoms with van der Waals surface area (Å²) in [5.41, 5.74) is 8.68. The predicted molar refractivity (Wildman–Crippen MR) is 104 cm³/mol. The Morgan fingerprint density at radius 2 is 1.96 bits per heavy atom. The largest absolute Gasteiger partial charge is 0.383 e. The van der Waals surface area contributed by atoms with Gasteiger partial charge in [-0.1, -0.05) is 12.1 Å². The van der Waals surface area contributed by atoms with Crippen LogP contribution in [0.25, 0.3) is 21.8 Å². The van der Waals surface area contributed by atoms with E-state index in [1.807, 2.05) is 7.05 Å². The van der Waals surface area contributed by atoms with Crippen molar-refractivity contribution in [3.63, 3.8) is 0 Å². The SMILES string of the molecule is CON(Cc1ccc(F)cc1)C(=O)c1ccc2nc(N)c3cnn(C)c3c2c1. The molecule has 0 spiro atoms. The van der Waals surface area contributed by atoms with E-state index in [2.05, 4.69) is 10.1 Å². The summed E-state index contributed by atoms with van der Waals surface area (Å²) >= 11 is 0. The summed E-state index contributed by atoms with van der Waals surface area (Å²) in [5, 5.41) is 6.97. The third-order valence-electron chi connectivity index (χ3n) is 4.64. The summed E-state index contributed by atoms with van der Waals surface area (Å²) in [5.74, 6) is -0.258. The molecule has 0 radical (unpaired) electrons. The van der Waals surface area contributed by atoms with Crippen LogP contribution >= 0.6 is 0 Å². The lowest BCUT2D eigenvalue weighted by Gasteiger charge is -2.20. The second-order valence-electron chi connectivity index (χ2n) is 6.41. The first-order valence-corrected chi connectivity index (χ1v) is 8.59. The Morgan fingerprint density at radius 1 is 1.21 bits per heavy atom. The molecule has 7 nitrogen and oxygen atoms in total. The average Bonchev–Trinajstić information content (AvgIpc) is 3.09. The summed E-state index contributed by atoms with van der Waals surface area (Å²) in [6.07, 6.45) is 1.65. The number of aromatic nitrogens is 3. The molecule has 4 aromatic rings. The highest BCUT2D eigenvalue weighted by atomic mass is 19.1. The van der Waals surface area contributed by atoms with E-state index in [4.69, 9.17) is 10.6 Å². The number of halogens is 1. The summed E-state index contributed by atoms with van der Waals surface area (Å²) < 4.78 is 14.8. The quantitative estimate of drug-likeness (QED) is 0.551. The minimum absolute atomic E-state index is 0.189. The fourth-order valence-electron chi connectivity index (χ4n) is 3.21. The van der Waals surface area contributed by atoms with E-state index in [-0.39, 0.29) is 18.3 Å². The summed E-state index contributed by atoms with van der Waals surface area (Å²) in [6.45, 7) is 0.189. The van der Waals surface area contributed by atoms with Crippen LogP contribution in [-0.2, 0) is 18.4 Å². The standard InChI is InChI=1S/C20H18FN5O2/c1-25-18-15-9-13(5-8-17(15)24-19(22)16(18)10-23-25)20(27)26(28-2)11-12-3-6-14(21)7-4-12/h3-10H,11H2,1-2H3,(H2,22,24). The molecule has 0 unspecified atom stereocenters. The highest BCUT2D eigenvalue weighted by Gasteiger charge is 2.19. The number of nitrogen functional groups attached to an aromatic ring is 1. The number of fused-ring (bicyclic) bond motifs is 3. The normalized spacial score (nSPS) is 11.2. The number of carbonyl (C=O) groups excluding carboxylic acids is 1. The van der Waals surface area contributed by atoms with Gasteiger partial charge in [-0.2, -0.15) is 5.10 Å². The number of nitrogens with zero attached hydrogens (tertiary/aromatic N) is 4.